The lowest BCUT2D eigenvalue weighted by Gasteiger charge is -2.57. The Hall–Kier alpha value is -3.74. The molecule has 2 saturated carbocycles. The Morgan fingerprint density at radius 2 is 1.44 bits per heavy atom. The SMILES string of the molecule is C/C=C1/CN2CC[C@]34c5ccccc5N5C(=O)C([C@H]6C[C@]78c9ccccc9N9C(=O)C=C[C@@H]([C@H]97)[C@H]7C[C@@H]8N6C/C7=C/C)=C[C@H]([C@H]53)[C@H]1C[C@H]24. The molecule has 2 aromatic carbocycles. The quantitative estimate of drug-likeness (QED) is 0.389. The Balaban J connectivity index is 1.07. The van der Waals surface area contributed by atoms with Crippen LogP contribution in [0.5, 0.6) is 0 Å². The molecule has 6 fully saturated rings. The minimum absolute atomic E-state index is 0.0143. The van der Waals surface area contributed by atoms with Crippen molar-refractivity contribution in [3.8, 4) is 0 Å². The predicted octanol–water partition coefficient (Wildman–Crippen LogP) is 5.51. The molecule has 4 saturated heterocycles. The molecule has 242 valence electrons. The molecule has 2 aliphatic carbocycles. The highest BCUT2D eigenvalue weighted by Gasteiger charge is 2.73. The van der Waals surface area contributed by atoms with Crippen molar-refractivity contribution in [1.29, 1.82) is 0 Å². The number of piperidine rings is 2. The Morgan fingerprint density at radius 1 is 0.771 bits per heavy atom. The van der Waals surface area contributed by atoms with Crippen molar-refractivity contribution in [2.24, 2.45) is 23.7 Å². The van der Waals surface area contributed by atoms with Crippen LogP contribution in [0.1, 0.15) is 50.7 Å². The summed E-state index contributed by atoms with van der Waals surface area (Å²) in [5, 5.41) is 0. The number of carbonyl (C=O) groups excluding carboxylic acids is 2. The zero-order valence-corrected chi connectivity index (χ0v) is 27.8. The van der Waals surface area contributed by atoms with Gasteiger partial charge in [-0.3, -0.25) is 19.4 Å². The fourth-order valence-corrected chi connectivity index (χ4v) is 14.2. The van der Waals surface area contributed by atoms with Crippen molar-refractivity contribution in [2.45, 2.75) is 80.6 Å². The van der Waals surface area contributed by atoms with Gasteiger partial charge in [0, 0.05) is 70.8 Å². The van der Waals surface area contributed by atoms with Gasteiger partial charge in [-0.05, 0) is 87.2 Å². The smallest absolute Gasteiger partial charge is 0.255 e. The van der Waals surface area contributed by atoms with E-state index in [4.69, 9.17) is 0 Å². The van der Waals surface area contributed by atoms with Crippen LogP contribution in [0.4, 0.5) is 11.4 Å². The molecule has 10 aliphatic rings. The molecule has 8 heterocycles. The standard InChI is InChI=1S/C42H42N4O2/c1-3-23-21-43-16-15-41-30-9-5-8-12-33(30)46-39(41)28(27(23)18-35(41)43)17-29(40(46)48)34-20-42-31-10-6-7-11-32(31)45-37(47)14-13-25(38(42)45)26-19-36(42)44(34)22-24(26)4-2/h3-14,17,25-28,34-36,38-39H,15-16,18-22H2,1-2H3/b23-3-,24-4-/t25-,26+,27+,28+,34-,35+,36+,38+,39+,41-,42-/m1/s1. The maximum absolute atomic E-state index is 15.5. The van der Waals surface area contributed by atoms with Gasteiger partial charge in [0.15, 0.2) is 0 Å². The average Bonchev–Trinajstić information content (AvgIpc) is 3.85. The first kappa shape index (κ1) is 27.1. The van der Waals surface area contributed by atoms with E-state index >= 15 is 4.79 Å². The van der Waals surface area contributed by atoms with Crippen LogP contribution in [0.25, 0.3) is 0 Å². The van der Waals surface area contributed by atoms with E-state index in [1.165, 1.54) is 28.8 Å². The highest BCUT2D eigenvalue weighted by Crippen LogP contribution is 2.68. The van der Waals surface area contributed by atoms with E-state index in [0.717, 1.165) is 50.2 Å². The summed E-state index contributed by atoms with van der Waals surface area (Å²) in [7, 11) is 0. The molecule has 6 nitrogen and oxygen atoms in total. The van der Waals surface area contributed by atoms with Crippen LogP contribution in [0.15, 0.2) is 95.6 Å². The van der Waals surface area contributed by atoms with Gasteiger partial charge < -0.3 is 9.80 Å². The molecular weight excluding hydrogens is 592 g/mol. The Labute approximate surface area is 282 Å². The second-order valence-corrected chi connectivity index (χ2v) is 16.6. The number of hydrogen-bond acceptors (Lipinski definition) is 4. The van der Waals surface area contributed by atoms with E-state index in [0.29, 0.717) is 35.8 Å². The summed E-state index contributed by atoms with van der Waals surface area (Å²) in [5.41, 5.74) is 8.92. The molecule has 0 radical (unpaired) electrons. The van der Waals surface area contributed by atoms with Crippen LogP contribution in [0.2, 0.25) is 0 Å². The van der Waals surface area contributed by atoms with Crippen molar-refractivity contribution in [3.63, 3.8) is 0 Å². The van der Waals surface area contributed by atoms with Gasteiger partial charge in [-0.1, -0.05) is 71.8 Å². The lowest BCUT2D eigenvalue weighted by molar-refractivity contribution is -0.118. The van der Waals surface area contributed by atoms with Gasteiger partial charge in [0.05, 0.1) is 12.1 Å². The van der Waals surface area contributed by atoms with Gasteiger partial charge in [0.25, 0.3) is 11.8 Å². The molecule has 8 aliphatic heterocycles. The fourth-order valence-electron chi connectivity index (χ4n) is 14.2. The number of nitrogens with zero attached hydrogens (tertiary/aromatic N) is 4. The van der Waals surface area contributed by atoms with Crippen LogP contribution in [0, 0.1) is 23.7 Å². The first-order valence-corrected chi connectivity index (χ1v) is 18.6. The van der Waals surface area contributed by atoms with E-state index < -0.39 is 0 Å². The second-order valence-electron chi connectivity index (χ2n) is 16.6. The van der Waals surface area contributed by atoms with Gasteiger partial charge >= 0.3 is 0 Å². The first-order valence-electron chi connectivity index (χ1n) is 18.6. The lowest BCUT2D eigenvalue weighted by Crippen LogP contribution is -2.66. The highest BCUT2D eigenvalue weighted by atomic mass is 16.2. The lowest BCUT2D eigenvalue weighted by atomic mass is 9.54. The fraction of sp³-hybridized carbons (Fsp3) is 0.476. The summed E-state index contributed by atoms with van der Waals surface area (Å²) < 4.78 is 0. The van der Waals surface area contributed by atoms with Crippen molar-refractivity contribution < 1.29 is 9.59 Å². The third-order valence-electron chi connectivity index (χ3n) is 15.7. The van der Waals surface area contributed by atoms with Crippen molar-refractivity contribution in [3.05, 3.63) is 107 Å². The van der Waals surface area contributed by atoms with Crippen molar-refractivity contribution in [1.82, 2.24) is 9.80 Å². The molecule has 48 heavy (non-hydrogen) atoms. The molecule has 2 aromatic rings. The molecule has 0 N–H and O–H groups in total. The van der Waals surface area contributed by atoms with Crippen LogP contribution in [0.3, 0.4) is 0 Å². The van der Waals surface area contributed by atoms with Crippen molar-refractivity contribution in [2.75, 3.05) is 29.4 Å². The average molecular weight is 635 g/mol. The molecule has 2 amide bonds. The van der Waals surface area contributed by atoms with Crippen LogP contribution < -0.4 is 9.80 Å². The van der Waals surface area contributed by atoms with E-state index in [2.05, 4.69) is 106 Å². The summed E-state index contributed by atoms with van der Waals surface area (Å²) in [4.78, 5) is 39.2. The Bertz CT molecular complexity index is 2010. The number of anilines is 2. The molecule has 6 heteroatoms. The third kappa shape index (κ3) is 2.73. The monoisotopic (exact) mass is 634 g/mol. The molecule has 12 rings (SSSR count). The number of carbonyl (C=O) groups is 2. The topological polar surface area (TPSA) is 47.1 Å². The maximum Gasteiger partial charge on any atom is 0.255 e. The van der Waals surface area contributed by atoms with E-state index in [9.17, 15) is 4.79 Å². The van der Waals surface area contributed by atoms with E-state index in [1.54, 1.807) is 5.57 Å². The highest BCUT2D eigenvalue weighted by molar-refractivity contribution is 6.10. The van der Waals surface area contributed by atoms with Crippen LogP contribution >= 0.6 is 0 Å². The number of rotatable bonds is 1. The molecule has 11 atom stereocenters. The van der Waals surface area contributed by atoms with Gasteiger partial charge in [-0.25, -0.2) is 0 Å². The number of hydrogen-bond donors (Lipinski definition) is 0. The largest absolute Gasteiger partial charge is 0.304 e. The Kier molecular flexibility index (Phi) is 4.91. The first-order chi connectivity index (χ1) is 23.5. The zero-order valence-electron chi connectivity index (χ0n) is 27.8. The minimum Gasteiger partial charge on any atom is -0.304 e. The van der Waals surface area contributed by atoms with Gasteiger partial charge in [-0.2, -0.15) is 0 Å². The maximum atomic E-state index is 15.5. The normalized spacial score (nSPS) is 45.5. The predicted molar refractivity (Wildman–Crippen MR) is 186 cm³/mol. The third-order valence-corrected chi connectivity index (χ3v) is 15.7. The summed E-state index contributed by atoms with van der Waals surface area (Å²) in [6, 6.07) is 18.8. The second kappa shape index (κ2) is 8.70. The van der Waals surface area contributed by atoms with Crippen molar-refractivity contribution >= 4 is 23.2 Å². The van der Waals surface area contributed by atoms with Gasteiger partial charge in [-0.15, -0.1) is 0 Å². The summed E-state index contributed by atoms with van der Waals surface area (Å²) in [5.74, 6) is 1.87. The minimum atomic E-state index is -0.187. The number of para-hydroxylation sites is 2. The van der Waals surface area contributed by atoms with Crippen LogP contribution in [-0.4, -0.2) is 71.5 Å². The molecule has 0 unspecified atom stereocenters. The summed E-state index contributed by atoms with van der Waals surface area (Å²) in [6.07, 6.45) is 15.7. The van der Waals surface area contributed by atoms with Gasteiger partial charge in [0.2, 0.25) is 0 Å². The Morgan fingerprint density at radius 3 is 2.23 bits per heavy atom. The van der Waals surface area contributed by atoms with E-state index in [1.807, 2.05) is 6.08 Å². The zero-order chi connectivity index (χ0) is 31.8. The number of amides is 2. The summed E-state index contributed by atoms with van der Waals surface area (Å²) >= 11 is 0. The number of fused-ring (bicyclic) bond motifs is 8. The van der Waals surface area contributed by atoms with Gasteiger partial charge in [0.1, 0.15) is 0 Å². The summed E-state index contributed by atoms with van der Waals surface area (Å²) in [6.45, 7) is 7.52. The van der Waals surface area contributed by atoms with Crippen LogP contribution in [-0.2, 0) is 20.4 Å². The number of benzene rings is 2. The molecular formula is C42H42N4O2. The molecule has 0 aromatic heterocycles. The number of allylic oxidation sites excluding steroid dienone is 2. The molecule has 2 spiro atoms. The van der Waals surface area contributed by atoms with E-state index in [-0.39, 0.29) is 40.8 Å². The molecule has 4 bridgehead atoms.